The van der Waals surface area contributed by atoms with Gasteiger partial charge in [-0.3, -0.25) is 19.2 Å². The number of carbonyl (C=O) groups excluding carboxylic acids is 4. The molecule has 0 spiro atoms. The van der Waals surface area contributed by atoms with E-state index in [0.29, 0.717) is 22.3 Å². The van der Waals surface area contributed by atoms with Crippen LogP contribution in [0.25, 0.3) is 121 Å². The van der Waals surface area contributed by atoms with E-state index in [9.17, 15) is 19.2 Å². The smallest absolute Gasteiger partial charge is 0.150 e. The molecule has 4 nitrogen and oxygen atoms in total. The monoisotopic (exact) mass is 922 g/mol. The van der Waals surface area contributed by atoms with Crippen LogP contribution in [0.15, 0.2) is 231 Å². The quantitative estimate of drug-likeness (QED) is 0.0904. The van der Waals surface area contributed by atoms with Crippen molar-refractivity contribution in [1.82, 2.24) is 0 Å². The van der Waals surface area contributed by atoms with E-state index in [1.165, 1.54) is 10.8 Å². The molecule has 0 radical (unpaired) electrons. The van der Waals surface area contributed by atoms with Gasteiger partial charge in [-0.15, -0.1) is 0 Å². The Balaban J connectivity index is 1.08. The second-order valence-corrected chi connectivity index (χ2v) is 18.3. The normalized spacial score (nSPS) is 11.3. The van der Waals surface area contributed by atoms with Crippen LogP contribution >= 0.6 is 0 Å². The van der Waals surface area contributed by atoms with E-state index in [2.05, 4.69) is 133 Å². The maximum absolute atomic E-state index is 11.4. The molecule has 0 atom stereocenters. The average molecular weight is 923 g/mol. The molecule has 0 saturated heterocycles. The molecule has 0 bridgehead atoms. The van der Waals surface area contributed by atoms with Gasteiger partial charge in [-0.05, 0) is 133 Å². The van der Waals surface area contributed by atoms with Gasteiger partial charge in [-0.25, -0.2) is 0 Å². The van der Waals surface area contributed by atoms with E-state index < -0.39 is 0 Å². The third-order valence-electron chi connectivity index (χ3n) is 14.2. The Morgan fingerprint density at radius 1 is 0.181 bits per heavy atom. The molecule has 0 aromatic heterocycles. The van der Waals surface area contributed by atoms with Crippen molar-refractivity contribution in [3.05, 3.63) is 253 Å². The summed E-state index contributed by atoms with van der Waals surface area (Å²) in [6.07, 6.45) is 3.47. The van der Waals surface area contributed by atoms with Gasteiger partial charge in [0.25, 0.3) is 0 Å². The van der Waals surface area contributed by atoms with Gasteiger partial charge in [0.1, 0.15) is 25.1 Å². The fraction of sp³-hybridized carbons (Fsp3) is 0. The van der Waals surface area contributed by atoms with E-state index >= 15 is 0 Å². The molecule has 0 N–H and O–H groups in total. The zero-order valence-electron chi connectivity index (χ0n) is 38.9. The number of aldehydes is 4. The minimum absolute atomic E-state index is 0.644. The summed E-state index contributed by atoms with van der Waals surface area (Å²) in [5.41, 5.74) is 19.8. The van der Waals surface area contributed by atoms with Gasteiger partial charge >= 0.3 is 0 Å². The number of rotatable bonds is 12. The largest absolute Gasteiger partial charge is 0.298 e. The zero-order chi connectivity index (χ0) is 48.7. The third kappa shape index (κ3) is 7.87. The zero-order valence-corrected chi connectivity index (χ0v) is 38.9. The van der Waals surface area contributed by atoms with Gasteiger partial charge < -0.3 is 0 Å². The summed E-state index contributed by atoms with van der Waals surface area (Å²) in [6.45, 7) is 0. The summed E-state index contributed by atoms with van der Waals surface area (Å²) in [7, 11) is 0. The Morgan fingerprint density at radius 3 is 0.500 bits per heavy atom. The molecule has 0 aliphatic heterocycles. The molecule has 0 aliphatic carbocycles. The molecule has 0 aliphatic rings. The summed E-state index contributed by atoms with van der Waals surface area (Å²) in [4.78, 5) is 45.7. The van der Waals surface area contributed by atoms with Gasteiger partial charge in [0.2, 0.25) is 0 Å². The predicted molar refractivity (Wildman–Crippen MR) is 295 cm³/mol. The van der Waals surface area contributed by atoms with Gasteiger partial charge in [0.15, 0.2) is 0 Å². The summed E-state index contributed by atoms with van der Waals surface area (Å²) < 4.78 is 0. The molecule has 0 fully saturated rings. The second kappa shape index (κ2) is 18.4. The van der Waals surface area contributed by atoms with Crippen molar-refractivity contribution in [3.8, 4) is 89.0 Å². The minimum atomic E-state index is 0.644. The number of benzene rings is 12. The van der Waals surface area contributed by atoms with Crippen molar-refractivity contribution >= 4 is 57.5 Å². The van der Waals surface area contributed by atoms with Crippen LogP contribution in [0.5, 0.6) is 0 Å². The van der Waals surface area contributed by atoms with Crippen molar-refractivity contribution < 1.29 is 19.2 Å². The summed E-state index contributed by atoms with van der Waals surface area (Å²) in [5, 5.41) is 6.95. The van der Waals surface area contributed by atoms with Crippen LogP contribution in [0.1, 0.15) is 41.4 Å². The van der Waals surface area contributed by atoms with E-state index in [1.807, 2.05) is 97.1 Å². The van der Waals surface area contributed by atoms with Crippen LogP contribution in [0, 0.1) is 0 Å². The van der Waals surface area contributed by atoms with Gasteiger partial charge in [0, 0.05) is 22.3 Å². The maximum Gasteiger partial charge on any atom is 0.150 e. The van der Waals surface area contributed by atoms with E-state index in [-0.39, 0.29) is 0 Å². The maximum atomic E-state index is 11.4. The predicted octanol–water partition coefficient (Wildman–Crippen LogP) is 17.2. The van der Waals surface area contributed by atoms with Crippen molar-refractivity contribution in [2.24, 2.45) is 0 Å². The number of hydrogen-bond donors (Lipinski definition) is 0. The highest BCUT2D eigenvalue weighted by Crippen LogP contribution is 2.49. The Labute approximate surface area is 416 Å². The van der Waals surface area contributed by atoms with Crippen LogP contribution in [0.2, 0.25) is 0 Å². The molecule has 0 heterocycles. The second-order valence-electron chi connectivity index (χ2n) is 18.3. The van der Waals surface area contributed by atoms with Gasteiger partial charge in [-0.2, -0.15) is 0 Å². The number of carbonyl (C=O) groups is 4. The first-order valence-corrected chi connectivity index (χ1v) is 23.9. The molecule has 0 saturated carbocycles. The Hall–Kier alpha value is -9.64. The lowest BCUT2D eigenvalue weighted by molar-refractivity contribution is 0.111. The Kier molecular flexibility index (Phi) is 11.1. The van der Waals surface area contributed by atoms with Crippen LogP contribution in [-0.4, -0.2) is 25.1 Å². The molecular weight excluding hydrogens is 881 g/mol. The van der Waals surface area contributed by atoms with Crippen LogP contribution in [0.3, 0.4) is 0 Å². The summed E-state index contributed by atoms with van der Waals surface area (Å²) in [5.74, 6) is 0. The molecule has 12 rings (SSSR count). The topological polar surface area (TPSA) is 68.3 Å². The first-order chi connectivity index (χ1) is 35.5. The van der Waals surface area contributed by atoms with Crippen LogP contribution in [-0.2, 0) is 0 Å². The van der Waals surface area contributed by atoms with Crippen LogP contribution < -0.4 is 0 Å². The molecule has 4 heteroatoms. The minimum Gasteiger partial charge on any atom is -0.298 e. The van der Waals surface area contributed by atoms with E-state index in [4.69, 9.17) is 0 Å². The first-order valence-electron chi connectivity index (χ1n) is 23.9. The molecule has 72 heavy (non-hydrogen) atoms. The lowest BCUT2D eigenvalue weighted by atomic mass is 9.81. The van der Waals surface area contributed by atoms with Crippen molar-refractivity contribution in [3.63, 3.8) is 0 Å². The van der Waals surface area contributed by atoms with E-state index in [0.717, 1.165) is 136 Å². The SMILES string of the molecule is O=Cc1ccc(-c2ccc(-c3cc(-c4ccc(-c5ccc(C=O)cc5)cc4)c4ccc5c(-c6ccc(-c7ccc(C=O)cc7)cc6)cc(-c6ccc(-c7ccc(C=O)cc7)cc6)c6ccc3c4c65)cc2)cc1. The average Bonchev–Trinajstić information content (AvgIpc) is 3.46. The van der Waals surface area contributed by atoms with Crippen molar-refractivity contribution in [2.45, 2.75) is 0 Å². The fourth-order valence-corrected chi connectivity index (χ4v) is 10.3. The lowest BCUT2D eigenvalue weighted by Crippen LogP contribution is -1.94. The molecule has 12 aromatic rings. The highest BCUT2D eigenvalue weighted by atomic mass is 16.1. The first kappa shape index (κ1) is 43.6. The number of hydrogen-bond acceptors (Lipinski definition) is 4. The van der Waals surface area contributed by atoms with Crippen molar-refractivity contribution in [1.29, 1.82) is 0 Å². The Morgan fingerprint density at radius 2 is 0.333 bits per heavy atom. The third-order valence-corrected chi connectivity index (χ3v) is 14.2. The Bertz CT molecular complexity index is 3480. The highest BCUT2D eigenvalue weighted by molar-refractivity contribution is 6.32. The molecule has 338 valence electrons. The highest BCUT2D eigenvalue weighted by Gasteiger charge is 2.22. The van der Waals surface area contributed by atoms with E-state index in [1.54, 1.807) is 0 Å². The molecule has 0 unspecified atom stereocenters. The lowest BCUT2D eigenvalue weighted by Gasteiger charge is -2.22. The van der Waals surface area contributed by atoms with Gasteiger partial charge in [-0.1, -0.05) is 218 Å². The summed E-state index contributed by atoms with van der Waals surface area (Å²) in [6, 6.07) is 79.4. The fourth-order valence-electron chi connectivity index (χ4n) is 10.3. The summed E-state index contributed by atoms with van der Waals surface area (Å²) >= 11 is 0. The van der Waals surface area contributed by atoms with Crippen LogP contribution in [0.4, 0.5) is 0 Å². The molecule has 0 amide bonds. The van der Waals surface area contributed by atoms with Gasteiger partial charge in [0.05, 0.1) is 0 Å². The van der Waals surface area contributed by atoms with Crippen molar-refractivity contribution in [2.75, 3.05) is 0 Å². The standard InChI is InChI=1S/C68H42O4/c69-39-43-1-9-47(10-2-43)51-17-25-55(26-18-51)63-37-64(56-27-19-52(20-28-56)48-11-3-44(40-70)4-12-48)60-35-36-62-66(58-31-23-54(24-32-58)50-15-7-46(42-72)8-16-50)38-65(61-34-33-59(63)67(60)68(61)62)57-29-21-53(22-30-57)49-13-5-45(41-71)6-14-49/h1-42H. The molecular formula is C68H42O4. The molecule has 12 aromatic carbocycles.